The first-order valence-corrected chi connectivity index (χ1v) is 4.92. The fourth-order valence-corrected chi connectivity index (χ4v) is 1.84. The average molecular weight is 222 g/mol. The van der Waals surface area contributed by atoms with Crippen LogP contribution >= 0.6 is 0 Å². The molecule has 1 aromatic carbocycles. The van der Waals surface area contributed by atoms with Gasteiger partial charge in [-0.15, -0.1) is 0 Å². The summed E-state index contributed by atoms with van der Waals surface area (Å²) in [4.78, 5) is 10.9. The summed E-state index contributed by atoms with van der Waals surface area (Å²) in [6, 6.07) is 5.33. The van der Waals surface area contributed by atoms with Gasteiger partial charge in [0.2, 0.25) is 6.79 Å². The van der Waals surface area contributed by atoms with E-state index in [0.29, 0.717) is 11.5 Å². The summed E-state index contributed by atoms with van der Waals surface area (Å²) in [5.74, 6) is 0.373. The summed E-state index contributed by atoms with van der Waals surface area (Å²) in [5.41, 5.74) is -0.303. The summed E-state index contributed by atoms with van der Waals surface area (Å²) >= 11 is 0. The lowest BCUT2D eigenvalue weighted by atomic mass is 10.0. The molecular weight excluding hydrogens is 212 g/mol. The molecule has 0 aliphatic carbocycles. The van der Waals surface area contributed by atoms with Gasteiger partial charge in [0.1, 0.15) is 6.10 Å². The molecule has 2 aliphatic heterocycles. The fraction of sp³-hybridized carbons (Fsp3) is 0.364. The van der Waals surface area contributed by atoms with Crippen LogP contribution in [0.15, 0.2) is 18.2 Å². The van der Waals surface area contributed by atoms with Crippen LogP contribution in [0.5, 0.6) is 11.5 Å². The monoisotopic (exact) mass is 222 g/mol. The van der Waals surface area contributed by atoms with E-state index >= 15 is 0 Å². The first-order valence-electron chi connectivity index (χ1n) is 4.92. The molecule has 0 saturated carbocycles. The lowest BCUT2D eigenvalue weighted by molar-refractivity contribution is -0.142. The van der Waals surface area contributed by atoms with Gasteiger partial charge in [-0.25, -0.2) is 4.79 Å². The van der Waals surface area contributed by atoms with Crippen molar-refractivity contribution in [1.82, 2.24) is 0 Å². The number of rotatable bonds is 2. The van der Waals surface area contributed by atoms with E-state index < -0.39 is 17.7 Å². The molecule has 1 fully saturated rings. The molecule has 2 aliphatic rings. The number of hydrogen-bond donors (Lipinski definition) is 1. The lowest BCUT2D eigenvalue weighted by Gasteiger charge is -2.01. The van der Waals surface area contributed by atoms with Crippen molar-refractivity contribution in [3.05, 3.63) is 23.8 Å². The molecule has 1 saturated heterocycles. The first-order chi connectivity index (χ1) is 7.61. The molecule has 0 bridgehead atoms. The summed E-state index contributed by atoms with van der Waals surface area (Å²) in [5, 5.41) is 8.96. The second-order valence-corrected chi connectivity index (χ2v) is 4.02. The highest BCUT2D eigenvalue weighted by molar-refractivity contribution is 5.81. The highest BCUT2D eigenvalue weighted by atomic mass is 16.7. The number of carboxylic acid groups (broad SMARTS) is 1. The van der Waals surface area contributed by atoms with E-state index in [-0.39, 0.29) is 6.79 Å². The standard InChI is InChI=1S/C11H10O5/c1-11(10(12)13)9(16-11)6-2-3-7-8(4-6)15-5-14-7/h2-4,9H,5H2,1H3,(H,12,13)/t9-,11+/m1/s1. The van der Waals surface area contributed by atoms with E-state index in [4.69, 9.17) is 19.3 Å². The summed E-state index contributed by atoms with van der Waals surface area (Å²) in [6.07, 6.45) is -0.403. The van der Waals surface area contributed by atoms with E-state index in [1.165, 1.54) is 0 Å². The molecule has 0 amide bonds. The quantitative estimate of drug-likeness (QED) is 0.764. The number of fused-ring (bicyclic) bond motifs is 1. The Morgan fingerprint density at radius 1 is 1.44 bits per heavy atom. The molecule has 1 aromatic rings. The van der Waals surface area contributed by atoms with Gasteiger partial charge in [0, 0.05) is 0 Å². The Morgan fingerprint density at radius 3 is 2.88 bits per heavy atom. The van der Waals surface area contributed by atoms with Crippen molar-refractivity contribution in [2.45, 2.75) is 18.6 Å². The zero-order valence-corrected chi connectivity index (χ0v) is 8.60. The maximum Gasteiger partial charge on any atom is 0.338 e. The highest BCUT2D eigenvalue weighted by Gasteiger charge is 2.60. The van der Waals surface area contributed by atoms with Crippen molar-refractivity contribution < 1.29 is 24.1 Å². The average Bonchev–Trinajstić information content (AvgIpc) is 2.75. The van der Waals surface area contributed by atoms with Gasteiger partial charge >= 0.3 is 5.97 Å². The van der Waals surface area contributed by atoms with Crippen molar-refractivity contribution in [3.8, 4) is 11.5 Å². The number of aliphatic carboxylic acids is 1. The van der Waals surface area contributed by atoms with Gasteiger partial charge in [-0.05, 0) is 24.6 Å². The predicted molar refractivity (Wildman–Crippen MR) is 52.4 cm³/mol. The molecular formula is C11H10O5. The number of hydrogen-bond acceptors (Lipinski definition) is 4. The Bertz CT molecular complexity index is 469. The van der Waals surface area contributed by atoms with Crippen molar-refractivity contribution in [3.63, 3.8) is 0 Å². The molecule has 1 N–H and O–H groups in total. The van der Waals surface area contributed by atoms with Crippen LogP contribution in [-0.4, -0.2) is 23.5 Å². The van der Waals surface area contributed by atoms with Crippen LogP contribution in [-0.2, 0) is 9.53 Å². The van der Waals surface area contributed by atoms with Crippen LogP contribution < -0.4 is 9.47 Å². The van der Waals surface area contributed by atoms with Crippen LogP contribution in [0.2, 0.25) is 0 Å². The fourth-order valence-electron chi connectivity index (χ4n) is 1.84. The normalized spacial score (nSPS) is 30.2. The first kappa shape index (κ1) is 9.47. The molecule has 0 radical (unpaired) electrons. The third kappa shape index (κ3) is 1.18. The number of carboxylic acids is 1. The molecule has 0 aromatic heterocycles. The minimum absolute atomic E-state index is 0.209. The Balaban J connectivity index is 1.90. The van der Waals surface area contributed by atoms with Gasteiger partial charge in [0.15, 0.2) is 17.1 Å². The van der Waals surface area contributed by atoms with E-state index in [0.717, 1.165) is 5.56 Å². The third-order valence-corrected chi connectivity index (χ3v) is 2.93. The SMILES string of the molecule is C[C@]1(C(=O)O)O[C@@H]1c1ccc2c(c1)OCO2. The number of epoxide rings is 1. The number of benzene rings is 1. The highest BCUT2D eigenvalue weighted by Crippen LogP contribution is 2.51. The van der Waals surface area contributed by atoms with E-state index in [1.54, 1.807) is 25.1 Å². The topological polar surface area (TPSA) is 68.3 Å². The van der Waals surface area contributed by atoms with Crippen LogP contribution in [0.3, 0.4) is 0 Å². The van der Waals surface area contributed by atoms with Crippen molar-refractivity contribution >= 4 is 5.97 Å². The van der Waals surface area contributed by atoms with Gasteiger partial charge in [0.25, 0.3) is 0 Å². The van der Waals surface area contributed by atoms with E-state index in [2.05, 4.69) is 0 Å². The minimum atomic E-state index is -1.10. The van der Waals surface area contributed by atoms with Gasteiger partial charge in [-0.2, -0.15) is 0 Å². The van der Waals surface area contributed by atoms with Crippen LogP contribution in [0.1, 0.15) is 18.6 Å². The lowest BCUT2D eigenvalue weighted by Crippen LogP contribution is -2.20. The largest absolute Gasteiger partial charge is 0.479 e. The number of ether oxygens (including phenoxy) is 3. The van der Waals surface area contributed by atoms with Crippen molar-refractivity contribution in [1.29, 1.82) is 0 Å². The molecule has 84 valence electrons. The van der Waals surface area contributed by atoms with Crippen LogP contribution in [0, 0.1) is 0 Å². The van der Waals surface area contributed by atoms with E-state index in [9.17, 15) is 4.79 Å². The molecule has 5 heteroatoms. The van der Waals surface area contributed by atoms with Gasteiger partial charge < -0.3 is 19.3 Å². The number of carbonyl (C=O) groups is 1. The maximum atomic E-state index is 10.9. The molecule has 2 atom stereocenters. The Hall–Kier alpha value is -1.75. The zero-order valence-electron chi connectivity index (χ0n) is 8.60. The van der Waals surface area contributed by atoms with Crippen LogP contribution in [0.25, 0.3) is 0 Å². The zero-order chi connectivity index (χ0) is 11.3. The van der Waals surface area contributed by atoms with Gasteiger partial charge in [-0.1, -0.05) is 6.07 Å². The Labute approximate surface area is 91.5 Å². The van der Waals surface area contributed by atoms with Crippen LogP contribution in [0.4, 0.5) is 0 Å². The predicted octanol–water partition coefficient (Wildman–Crippen LogP) is 1.33. The summed E-state index contributed by atoms with van der Waals surface area (Å²) in [7, 11) is 0. The Morgan fingerprint density at radius 2 is 2.19 bits per heavy atom. The minimum Gasteiger partial charge on any atom is -0.479 e. The second kappa shape index (κ2) is 2.89. The van der Waals surface area contributed by atoms with Gasteiger partial charge in [0.05, 0.1) is 0 Å². The van der Waals surface area contributed by atoms with Gasteiger partial charge in [-0.3, -0.25) is 0 Å². The third-order valence-electron chi connectivity index (χ3n) is 2.93. The molecule has 2 heterocycles. The molecule has 5 nitrogen and oxygen atoms in total. The summed E-state index contributed by atoms with van der Waals surface area (Å²) < 4.78 is 15.6. The van der Waals surface area contributed by atoms with E-state index in [1.807, 2.05) is 0 Å². The molecule has 0 unspecified atom stereocenters. The van der Waals surface area contributed by atoms with Crippen molar-refractivity contribution in [2.24, 2.45) is 0 Å². The molecule has 16 heavy (non-hydrogen) atoms. The molecule has 3 rings (SSSR count). The smallest absolute Gasteiger partial charge is 0.338 e. The maximum absolute atomic E-state index is 10.9. The second-order valence-electron chi connectivity index (χ2n) is 4.02. The molecule has 0 spiro atoms. The summed E-state index contributed by atoms with van der Waals surface area (Å²) in [6.45, 7) is 1.77. The van der Waals surface area contributed by atoms with Crippen molar-refractivity contribution in [2.75, 3.05) is 6.79 Å². The Kier molecular flexibility index (Phi) is 1.71.